The first-order valence-electron chi connectivity index (χ1n) is 3.32. The van der Waals surface area contributed by atoms with E-state index in [1.54, 1.807) is 0 Å². The largest absolute Gasteiger partial charge is 0.329 e. The van der Waals surface area contributed by atoms with Crippen molar-refractivity contribution in [1.82, 2.24) is 0 Å². The minimum Gasteiger partial charge on any atom is -0.329 e. The number of anilines is 1. The highest BCUT2D eigenvalue weighted by molar-refractivity contribution is 7.85. The molecule has 1 rings (SSSR count). The van der Waals surface area contributed by atoms with Crippen LogP contribution in [0.4, 0.5) is 5.69 Å². The normalized spacial score (nSPS) is 10.8. The highest BCUT2D eigenvalue weighted by Gasteiger charge is 2.07. The van der Waals surface area contributed by atoms with E-state index in [1.807, 2.05) is 0 Å². The summed E-state index contributed by atoms with van der Waals surface area (Å²) in [6.07, 6.45) is 0.475. The third-order valence-electron chi connectivity index (χ3n) is 1.38. The van der Waals surface area contributed by atoms with Gasteiger partial charge in [-0.05, 0) is 24.3 Å². The van der Waals surface area contributed by atoms with Gasteiger partial charge in [-0.2, -0.15) is 8.42 Å². The van der Waals surface area contributed by atoms with Gasteiger partial charge >= 0.3 is 0 Å². The highest BCUT2D eigenvalue weighted by Crippen LogP contribution is 2.12. The monoisotopic (exact) mass is 201 g/mol. The molecule has 0 aliphatic carbocycles. The summed E-state index contributed by atoms with van der Waals surface area (Å²) in [7, 11) is -4.15. The average Bonchev–Trinajstić information content (AvgIpc) is 2.04. The molecule has 0 heterocycles. The fourth-order valence-electron chi connectivity index (χ4n) is 0.791. The lowest BCUT2D eigenvalue weighted by molar-refractivity contribution is -0.105. The van der Waals surface area contributed by atoms with Crippen LogP contribution in [-0.2, 0) is 14.9 Å². The molecule has 0 aliphatic rings. The molecule has 2 N–H and O–H groups in total. The molecule has 0 atom stereocenters. The summed E-state index contributed by atoms with van der Waals surface area (Å²) < 4.78 is 29.7. The maximum Gasteiger partial charge on any atom is 0.294 e. The molecule has 0 spiro atoms. The van der Waals surface area contributed by atoms with Crippen LogP contribution in [0, 0.1) is 0 Å². The summed E-state index contributed by atoms with van der Waals surface area (Å²) in [5, 5.41) is 2.33. The maximum atomic E-state index is 10.6. The zero-order valence-electron chi connectivity index (χ0n) is 6.47. The summed E-state index contributed by atoms with van der Waals surface area (Å²) in [4.78, 5) is 9.77. The van der Waals surface area contributed by atoms with Gasteiger partial charge in [0, 0.05) is 5.69 Å². The Hall–Kier alpha value is -1.40. The fraction of sp³-hybridized carbons (Fsp3) is 0. The van der Waals surface area contributed by atoms with E-state index < -0.39 is 10.1 Å². The molecule has 0 aromatic heterocycles. The lowest BCUT2D eigenvalue weighted by Gasteiger charge is -1.99. The van der Waals surface area contributed by atoms with Crippen LogP contribution in [0.3, 0.4) is 0 Å². The minimum absolute atomic E-state index is 0.205. The van der Waals surface area contributed by atoms with Crippen LogP contribution in [0.1, 0.15) is 0 Å². The van der Waals surface area contributed by atoms with E-state index in [4.69, 9.17) is 4.55 Å². The summed E-state index contributed by atoms with van der Waals surface area (Å²) in [6.45, 7) is 0. The molecule has 0 saturated heterocycles. The smallest absolute Gasteiger partial charge is 0.294 e. The Balaban J connectivity index is 3.01. The van der Waals surface area contributed by atoms with Gasteiger partial charge in [-0.25, -0.2) is 0 Å². The fourth-order valence-corrected chi connectivity index (χ4v) is 1.27. The Labute approximate surface area is 75.1 Å². The van der Waals surface area contributed by atoms with Crippen LogP contribution in [0.2, 0.25) is 0 Å². The molecule has 0 fully saturated rings. The average molecular weight is 201 g/mol. The second-order valence-corrected chi connectivity index (χ2v) is 3.68. The van der Waals surface area contributed by atoms with Gasteiger partial charge < -0.3 is 5.32 Å². The minimum atomic E-state index is -4.15. The van der Waals surface area contributed by atoms with Crippen molar-refractivity contribution in [2.45, 2.75) is 4.90 Å². The predicted molar refractivity (Wildman–Crippen MR) is 45.9 cm³/mol. The van der Waals surface area contributed by atoms with Gasteiger partial charge in [-0.15, -0.1) is 0 Å². The molecule has 5 nitrogen and oxygen atoms in total. The van der Waals surface area contributed by atoms with Gasteiger partial charge in [0.05, 0.1) is 4.90 Å². The number of benzene rings is 1. The number of carbonyl (C=O) groups excluding carboxylic acids is 1. The Bertz CT molecular complexity index is 395. The summed E-state index contributed by atoms with van der Waals surface area (Å²) in [6, 6.07) is 5.14. The number of carbonyl (C=O) groups is 1. The molecule has 0 aliphatic heterocycles. The van der Waals surface area contributed by atoms with E-state index in [1.165, 1.54) is 24.3 Å². The molecular weight excluding hydrogens is 194 g/mol. The molecule has 1 aromatic carbocycles. The molecule has 0 bridgehead atoms. The highest BCUT2D eigenvalue weighted by atomic mass is 32.2. The first kappa shape index (κ1) is 9.69. The third kappa shape index (κ3) is 2.53. The van der Waals surface area contributed by atoms with E-state index in [0.717, 1.165) is 0 Å². The molecule has 0 radical (unpaired) electrons. The summed E-state index contributed by atoms with van der Waals surface area (Å²) in [5.74, 6) is 0. The number of amides is 1. The van der Waals surface area contributed by atoms with Gasteiger partial charge in [0.2, 0.25) is 6.41 Å². The van der Waals surface area contributed by atoms with Crippen LogP contribution in [-0.4, -0.2) is 19.4 Å². The predicted octanol–water partition coefficient (Wildman–Crippen LogP) is 0.502. The second-order valence-electron chi connectivity index (χ2n) is 2.26. The van der Waals surface area contributed by atoms with E-state index in [2.05, 4.69) is 5.32 Å². The van der Waals surface area contributed by atoms with Crippen molar-refractivity contribution < 1.29 is 17.8 Å². The van der Waals surface area contributed by atoms with Crippen molar-refractivity contribution in [1.29, 1.82) is 0 Å². The van der Waals surface area contributed by atoms with Crippen molar-refractivity contribution in [3.8, 4) is 0 Å². The van der Waals surface area contributed by atoms with Gasteiger partial charge in [0.15, 0.2) is 0 Å². The zero-order valence-corrected chi connectivity index (χ0v) is 7.28. The Kier molecular flexibility index (Phi) is 2.64. The summed E-state index contributed by atoms with van der Waals surface area (Å²) >= 11 is 0. The van der Waals surface area contributed by atoms with Crippen molar-refractivity contribution in [2.24, 2.45) is 0 Å². The first-order chi connectivity index (χ1) is 6.04. The zero-order chi connectivity index (χ0) is 9.90. The Morgan fingerprint density at radius 1 is 1.23 bits per heavy atom. The molecule has 6 heteroatoms. The quantitative estimate of drug-likeness (QED) is 0.551. The van der Waals surface area contributed by atoms with Crippen LogP contribution >= 0.6 is 0 Å². The molecule has 1 amide bonds. The van der Waals surface area contributed by atoms with E-state index in [0.29, 0.717) is 12.1 Å². The standard InChI is InChI=1S/C7H7NO4S/c9-5-8-6-1-3-7(4-2-6)13(10,11)12/h1-5H,(H,8,9)(H,10,11,12). The molecular formula is C7H7NO4S. The van der Waals surface area contributed by atoms with Crippen molar-refractivity contribution >= 4 is 22.2 Å². The van der Waals surface area contributed by atoms with Gasteiger partial charge in [-0.3, -0.25) is 9.35 Å². The van der Waals surface area contributed by atoms with E-state index >= 15 is 0 Å². The lowest BCUT2D eigenvalue weighted by atomic mass is 10.3. The molecule has 70 valence electrons. The number of rotatable bonds is 3. The Morgan fingerprint density at radius 3 is 2.15 bits per heavy atom. The van der Waals surface area contributed by atoms with Gasteiger partial charge in [0.1, 0.15) is 0 Å². The van der Waals surface area contributed by atoms with Crippen LogP contribution in [0.25, 0.3) is 0 Å². The van der Waals surface area contributed by atoms with Crippen molar-refractivity contribution in [3.05, 3.63) is 24.3 Å². The van der Waals surface area contributed by atoms with Crippen LogP contribution in [0.5, 0.6) is 0 Å². The number of hydrogen-bond acceptors (Lipinski definition) is 3. The van der Waals surface area contributed by atoms with E-state index in [-0.39, 0.29) is 4.90 Å². The van der Waals surface area contributed by atoms with Crippen molar-refractivity contribution in [3.63, 3.8) is 0 Å². The topological polar surface area (TPSA) is 83.5 Å². The summed E-state index contributed by atoms with van der Waals surface area (Å²) in [5.41, 5.74) is 0.461. The number of nitrogens with one attached hydrogen (secondary N) is 1. The molecule has 0 unspecified atom stereocenters. The lowest BCUT2D eigenvalue weighted by Crippen LogP contribution is -1.98. The van der Waals surface area contributed by atoms with Gasteiger partial charge in [-0.1, -0.05) is 0 Å². The third-order valence-corrected chi connectivity index (χ3v) is 2.25. The Morgan fingerprint density at radius 2 is 1.77 bits per heavy atom. The maximum absolute atomic E-state index is 10.6. The van der Waals surface area contributed by atoms with Crippen molar-refractivity contribution in [2.75, 3.05) is 5.32 Å². The van der Waals surface area contributed by atoms with Crippen LogP contribution < -0.4 is 5.32 Å². The first-order valence-corrected chi connectivity index (χ1v) is 4.76. The van der Waals surface area contributed by atoms with E-state index in [9.17, 15) is 13.2 Å². The molecule has 13 heavy (non-hydrogen) atoms. The second kappa shape index (κ2) is 3.55. The number of hydrogen-bond donors (Lipinski definition) is 2. The molecule has 1 aromatic rings. The van der Waals surface area contributed by atoms with Crippen LogP contribution in [0.15, 0.2) is 29.2 Å². The van der Waals surface area contributed by atoms with Gasteiger partial charge in [0.25, 0.3) is 10.1 Å². The SMILES string of the molecule is O=CNc1ccc(S(=O)(=O)O)cc1. The molecule has 0 saturated carbocycles.